The molecule has 1 amide bonds. The van der Waals surface area contributed by atoms with Crippen molar-refractivity contribution in [3.05, 3.63) is 35.9 Å². The van der Waals surface area contributed by atoms with Crippen molar-refractivity contribution in [1.29, 1.82) is 0 Å². The summed E-state index contributed by atoms with van der Waals surface area (Å²) in [7, 11) is -2.88. The first-order chi connectivity index (χ1) is 11.0. The first kappa shape index (κ1) is 16.5. The zero-order chi connectivity index (χ0) is 16.3. The fourth-order valence-electron chi connectivity index (χ4n) is 3.39. The second-order valence-electron chi connectivity index (χ2n) is 6.49. The first-order valence-electron chi connectivity index (χ1n) is 8.29. The molecule has 0 aliphatic carbocycles. The van der Waals surface area contributed by atoms with Gasteiger partial charge in [-0.05, 0) is 24.3 Å². The molecule has 3 rings (SSSR count). The average molecular weight is 336 g/mol. The summed E-state index contributed by atoms with van der Waals surface area (Å²) in [4.78, 5) is 16.3. The molecule has 0 radical (unpaired) electrons. The molecule has 0 atom stereocenters. The number of hydrogen-bond donors (Lipinski definition) is 0. The normalized spacial score (nSPS) is 22.9. The van der Waals surface area contributed by atoms with Crippen LogP contribution in [-0.2, 0) is 14.6 Å². The molecule has 0 spiro atoms. The fraction of sp³-hybridized carbons (Fsp3) is 0.588. The van der Waals surface area contributed by atoms with Crippen LogP contribution in [-0.4, -0.2) is 68.4 Å². The van der Waals surface area contributed by atoms with E-state index in [1.54, 1.807) is 0 Å². The summed E-state index contributed by atoms with van der Waals surface area (Å²) in [5.41, 5.74) is 1.36. The van der Waals surface area contributed by atoms with Crippen LogP contribution in [0.3, 0.4) is 0 Å². The lowest BCUT2D eigenvalue weighted by Gasteiger charge is -2.34. The van der Waals surface area contributed by atoms with Crippen LogP contribution < -0.4 is 0 Å². The molecule has 0 aromatic heterocycles. The van der Waals surface area contributed by atoms with Gasteiger partial charge in [0.1, 0.15) is 0 Å². The van der Waals surface area contributed by atoms with Crippen molar-refractivity contribution in [2.45, 2.75) is 18.8 Å². The Balaban J connectivity index is 1.47. The molecule has 6 heteroatoms. The van der Waals surface area contributed by atoms with Gasteiger partial charge in [0.25, 0.3) is 0 Å². The molecule has 2 saturated heterocycles. The van der Waals surface area contributed by atoms with Crippen molar-refractivity contribution >= 4 is 15.7 Å². The predicted octanol–water partition coefficient (Wildman–Crippen LogP) is 1.12. The third-order valence-corrected chi connectivity index (χ3v) is 6.52. The van der Waals surface area contributed by atoms with Gasteiger partial charge in [-0.3, -0.25) is 9.69 Å². The number of sulfone groups is 1. The molecule has 2 heterocycles. The van der Waals surface area contributed by atoms with Crippen molar-refractivity contribution in [3.63, 3.8) is 0 Å². The molecule has 23 heavy (non-hydrogen) atoms. The Morgan fingerprint density at radius 3 is 2.22 bits per heavy atom. The Morgan fingerprint density at radius 2 is 1.61 bits per heavy atom. The number of carbonyl (C=O) groups is 1. The smallest absolute Gasteiger partial charge is 0.236 e. The lowest BCUT2D eigenvalue weighted by atomic mass is 9.89. The maximum atomic E-state index is 12.4. The highest BCUT2D eigenvalue weighted by atomic mass is 32.2. The van der Waals surface area contributed by atoms with Crippen LogP contribution in [0.4, 0.5) is 0 Å². The van der Waals surface area contributed by atoms with Crippen molar-refractivity contribution in [2.24, 2.45) is 0 Å². The molecule has 126 valence electrons. The second kappa shape index (κ2) is 7.01. The third-order valence-electron chi connectivity index (χ3n) is 4.91. The number of carbonyl (C=O) groups excluding carboxylic acids is 1. The van der Waals surface area contributed by atoms with Gasteiger partial charge in [-0.25, -0.2) is 8.42 Å². The molecule has 0 unspecified atom stereocenters. The van der Waals surface area contributed by atoms with Crippen molar-refractivity contribution < 1.29 is 13.2 Å². The topological polar surface area (TPSA) is 57.7 Å². The fourth-order valence-corrected chi connectivity index (χ4v) is 4.66. The van der Waals surface area contributed by atoms with Crippen LogP contribution >= 0.6 is 0 Å². The molecule has 5 nitrogen and oxygen atoms in total. The lowest BCUT2D eigenvalue weighted by Crippen LogP contribution is -2.48. The number of benzene rings is 1. The summed E-state index contributed by atoms with van der Waals surface area (Å²) in [5.74, 6) is 1.03. The van der Waals surface area contributed by atoms with Gasteiger partial charge in [-0.2, -0.15) is 0 Å². The molecule has 1 aromatic carbocycles. The van der Waals surface area contributed by atoms with E-state index in [2.05, 4.69) is 24.3 Å². The zero-order valence-electron chi connectivity index (χ0n) is 13.4. The minimum absolute atomic E-state index is 0.135. The number of piperidine rings is 1. The summed E-state index contributed by atoms with van der Waals surface area (Å²) in [5, 5.41) is 0. The monoisotopic (exact) mass is 336 g/mol. The molecule has 0 N–H and O–H groups in total. The van der Waals surface area contributed by atoms with Crippen molar-refractivity contribution in [3.8, 4) is 0 Å². The van der Waals surface area contributed by atoms with E-state index in [1.165, 1.54) is 5.56 Å². The van der Waals surface area contributed by atoms with E-state index in [9.17, 15) is 13.2 Å². The van der Waals surface area contributed by atoms with Gasteiger partial charge < -0.3 is 4.90 Å². The Labute approximate surface area is 138 Å². The molecular formula is C17H24N2O3S. The van der Waals surface area contributed by atoms with Gasteiger partial charge >= 0.3 is 0 Å². The molecule has 2 aliphatic heterocycles. The molecule has 1 aromatic rings. The molecular weight excluding hydrogens is 312 g/mol. The predicted molar refractivity (Wildman–Crippen MR) is 90.1 cm³/mol. The van der Waals surface area contributed by atoms with E-state index in [-0.39, 0.29) is 17.4 Å². The Bertz CT molecular complexity index is 623. The maximum Gasteiger partial charge on any atom is 0.236 e. The standard InChI is InChI=1S/C17H24N2O3S/c20-17(14-18-10-12-23(21,22)13-11-18)19-8-6-16(7-9-19)15-4-2-1-3-5-15/h1-5,16H,6-14H2. The highest BCUT2D eigenvalue weighted by Gasteiger charge is 2.27. The Kier molecular flexibility index (Phi) is 5.02. The molecule has 0 bridgehead atoms. The molecule has 0 saturated carbocycles. The van der Waals surface area contributed by atoms with Crippen LogP contribution in [0, 0.1) is 0 Å². The van der Waals surface area contributed by atoms with Crippen molar-refractivity contribution in [2.75, 3.05) is 44.2 Å². The largest absolute Gasteiger partial charge is 0.342 e. The van der Waals surface area contributed by atoms with Gasteiger partial charge in [-0.15, -0.1) is 0 Å². The van der Waals surface area contributed by atoms with Crippen LogP contribution in [0.15, 0.2) is 30.3 Å². The maximum absolute atomic E-state index is 12.4. The van der Waals surface area contributed by atoms with Crippen LogP contribution in [0.2, 0.25) is 0 Å². The second-order valence-corrected chi connectivity index (χ2v) is 8.80. The Morgan fingerprint density at radius 1 is 1.00 bits per heavy atom. The van der Waals surface area contributed by atoms with Crippen LogP contribution in [0.5, 0.6) is 0 Å². The van der Waals surface area contributed by atoms with Crippen LogP contribution in [0.1, 0.15) is 24.3 Å². The summed E-state index contributed by atoms with van der Waals surface area (Å²) in [6, 6.07) is 10.5. The highest BCUT2D eigenvalue weighted by Crippen LogP contribution is 2.27. The number of rotatable bonds is 3. The highest BCUT2D eigenvalue weighted by molar-refractivity contribution is 7.91. The lowest BCUT2D eigenvalue weighted by molar-refractivity contribution is -0.133. The first-order valence-corrected chi connectivity index (χ1v) is 10.1. The molecule has 2 aliphatic rings. The van der Waals surface area contributed by atoms with Gasteiger partial charge in [0.2, 0.25) is 5.91 Å². The van der Waals surface area contributed by atoms with E-state index < -0.39 is 9.84 Å². The number of hydrogen-bond acceptors (Lipinski definition) is 4. The third kappa shape index (κ3) is 4.32. The van der Waals surface area contributed by atoms with Gasteiger partial charge in [0.05, 0.1) is 18.1 Å². The SMILES string of the molecule is O=C(CN1CCS(=O)(=O)CC1)N1CCC(c2ccccc2)CC1. The summed E-state index contributed by atoms with van der Waals surface area (Å²) >= 11 is 0. The van der Waals surface area contributed by atoms with E-state index in [1.807, 2.05) is 15.9 Å². The van der Waals surface area contributed by atoms with Crippen LogP contribution in [0.25, 0.3) is 0 Å². The van der Waals surface area contributed by atoms with E-state index >= 15 is 0 Å². The number of likely N-dealkylation sites (tertiary alicyclic amines) is 1. The van der Waals surface area contributed by atoms with E-state index in [0.717, 1.165) is 25.9 Å². The average Bonchev–Trinajstić information content (AvgIpc) is 2.58. The quantitative estimate of drug-likeness (QED) is 0.830. The van der Waals surface area contributed by atoms with E-state index in [4.69, 9.17) is 0 Å². The van der Waals surface area contributed by atoms with Gasteiger partial charge in [0, 0.05) is 26.2 Å². The summed E-state index contributed by atoms with van der Waals surface area (Å²) in [6.45, 7) is 2.91. The number of nitrogens with zero attached hydrogens (tertiary/aromatic N) is 2. The van der Waals surface area contributed by atoms with E-state index in [0.29, 0.717) is 25.6 Å². The zero-order valence-corrected chi connectivity index (χ0v) is 14.2. The minimum atomic E-state index is -2.88. The Hall–Kier alpha value is -1.40. The number of amides is 1. The van der Waals surface area contributed by atoms with Gasteiger partial charge in [-0.1, -0.05) is 30.3 Å². The minimum Gasteiger partial charge on any atom is -0.342 e. The van der Waals surface area contributed by atoms with Crippen molar-refractivity contribution in [1.82, 2.24) is 9.80 Å². The molecule has 2 fully saturated rings. The summed E-state index contributed by atoms with van der Waals surface area (Å²) < 4.78 is 22.9. The summed E-state index contributed by atoms with van der Waals surface area (Å²) in [6.07, 6.45) is 2.01. The van der Waals surface area contributed by atoms with Gasteiger partial charge in [0.15, 0.2) is 9.84 Å².